The molecule has 0 aromatic carbocycles. The minimum Gasteiger partial charge on any atom is -0.332 e. The van der Waals surface area contributed by atoms with Crippen LogP contribution in [0.2, 0.25) is 0 Å². The smallest absolute Gasteiger partial charge is 0.332 e. The van der Waals surface area contributed by atoms with Gasteiger partial charge in [-0.05, 0) is 0 Å². The van der Waals surface area contributed by atoms with E-state index >= 15 is 0 Å². The fraction of sp³-hybridized carbons (Fsp3) is 0.400. The topological polar surface area (TPSA) is 131 Å². The minimum atomic E-state index is -4.24. The highest BCUT2D eigenvalue weighted by Crippen LogP contribution is 2.47. The second kappa shape index (κ2) is 5.09. The molecule has 0 saturated heterocycles. The van der Waals surface area contributed by atoms with Crippen LogP contribution in [0, 0.1) is 0 Å². The Morgan fingerprint density at radius 2 is 1.88 bits per heavy atom. The van der Waals surface area contributed by atoms with Crippen LogP contribution in [0.4, 0.5) is 0 Å². The fourth-order valence-corrected chi connectivity index (χ4v) is 3.35. The Morgan fingerprint density at radius 3 is 2.38 bits per heavy atom. The van der Waals surface area contributed by atoms with Crippen LogP contribution in [0.1, 0.15) is 0 Å². The molecule has 1 heterocycles. The zero-order valence-electron chi connectivity index (χ0n) is 7.91. The van der Waals surface area contributed by atoms with Crippen LogP contribution in [0.3, 0.4) is 0 Å². The lowest BCUT2D eigenvalue weighted by Crippen LogP contribution is -2.11. The highest BCUT2D eigenvalue weighted by atomic mass is 31.2. The third-order valence-electron chi connectivity index (χ3n) is 1.49. The Labute approximate surface area is 90.2 Å². The third kappa shape index (κ3) is 4.44. The molecule has 1 rings (SSSR count). The van der Waals surface area contributed by atoms with Crippen molar-refractivity contribution >= 4 is 15.2 Å². The molecule has 2 atom stereocenters. The summed E-state index contributed by atoms with van der Waals surface area (Å²) in [7, 11) is -8.33. The van der Waals surface area contributed by atoms with Gasteiger partial charge in [0.1, 0.15) is 6.33 Å². The summed E-state index contributed by atoms with van der Waals surface area (Å²) in [6.07, 6.45) is 2.41. The molecule has 2 unspecified atom stereocenters. The number of hydrogen-bond donors (Lipinski definition) is 3. The summed E-state index contributed by atoms with van der Waals surface area (Å²) in [5.74, 6) is 0. The van der Waals surface area contributed by atoms with Crippen LogP contribution < -0.4 is 4.62 Å². The lowest BCUT2D eigenvalue weighted by molar-refractivity contribution is -0.145. The van der Waals surface area contributed by atoms with Crippen LogP contribution in [0.25, 0.3) is 0 Å². The molecule has 0 aliphatic rings. The lowest BCUT2D eigenvalue weighted by atomic mass is 11.0. The van der Waals surface area contributed by atoms with Gasteiger partial charge in [0.05, 0.1) is 18.5 Å². The van der Waals surface area contributed by atoms with Gasteiger partial charge >= 0.3 is 15.2 Å². The van der Waals surface area contributed by atoms with E-state index in [2.05, 4.69) is 14.3 Å². The van der Waals surface area contributed by atoms with E-state index in [1.165, 1.54) is 12.4 Å². The van der Waals surface area contributed by atoms with Gasteiger partial charge in [-0.3, -0.25) is 4.57 Å². The number of nitrogens with zero attached hydrogens (tertiary/aromatic N) is 2. The summed E-state index contributed by atoms with van der Waals surface area (Å²) in [6.45, 7) is 0. The molecule has 0 aliphatic carbocycles. The van der Waals surface area contributed by atoms with Gasteiger partial charge in [-0.25, -0.2) is 14.8 Å². The van der Waals surface area contributed by atoms with Crippen molar-refractivity contribution in [2.75, 3.05) is 12.3 Å². The second-order valence-electron chi connectivity index (χ2n) is 2.81. The summed E-state index contributed by atoms with van der Waals surface area (Å²) in [5, 5.41) is 8.01. The lowest BCUT2D eigenvalue weighted by Gasteiger charge is -2.13. The quantitative estimate of drug-likeness (QED) is 0.379. The average Bonchev–Trinajstić information content (AvgIpc) is 2.67. The first-order valence-electron chi connectivity index (χ1n) is 3.99. The van der Waals surface area contributed by atoms with E-state index < -0.39 is 27.5 Å². The summed E-state index contributed by atoms with van der Waals surface area (Å²) >= 11 is 0. The zero-order valence-corrected chi connectivity index (χ0v) is 9.70. The molecule has 0 fully saturated rings. The summed E-state index contributed by atoms with van der Waals surface area (Å²) < 4.78 is 30.9. The molecule has 0 bridgehead atoms. The molecule has 0 spiro atoms. The predicted molar refractivity (Wildman–Crippen MR) is 51.9 cm³/mol. The Balaban J connectivity index is 2.53. The van der Waals surface area contributed by atoms with Crippen molar-refractivity contribution in [1.82, 2.24) is 9.71 Å². The number of hydrogen-bond acceptors (Lipinski definition) is 6. The van der Waals surface area contributed by atoms with Crippen molar-refractivity contribution in [1.29, 1.82) is 0 Å². The van der Waals surface area contributed by atoms with E-state index in [4.69, 9.17) is 10.2 Å². The standard InChI is InChI=1S/C5H10N2O7P2/c8-14-16(11,12)4-3-15(9,10)13-7-2-1-6-5-7/h1-2,5,8H,3-4H2,(H,9,10)(H,11,12). The molecule has 0 radical (unpaired) electrons. The van der Waals surface area contributed by atoms with Crippen molar-refractivity contribution in [2.24, 2.45) is 0 Å². The summed E-state index contributed by atoms with van der Waals surface area (Å²) in [5.41, 5.74) is 0. The van der Waals surface area contributed by atoms with Gasteiger partial charge in [-0.15, -0.1) is 0 Å². The first-order chi connectivity index (χ1) is 7.35. The molecule has 1 aromatic rings. The van der Waals surface area contributed by atoms with Gasteiger partial charge in [0.25, 0.3) is 0 Å². The molecule has 92 valence electrons. The summed E-state index contributed by atoms with van der Waals surface area (Å²) in [6, 6.07) is 0. The second-order valence-corrected chi connectivity index (χ2v) is 6.58. The predicted octanol–water partition coefficient (Wildman–Crippen LogP) is 0.172. The van der Waals surface area contributed by atoms with Crippen LogP contribution in [-0.2, 0) is 13.8 Å². The first kappa shape index (κ1) is 13.4. The maximum Gasteiger partial charge on any atom is 0.396 e. The van der Waals surface area contributed by atoms with Crippen LogP contribution in [0.5, 0.6) is 0 Å². The van der Waals surface area contributed by atoms with E-state index in [1.807, 2.05) is 0 Å². The molecule has 9 nitrogen and oxygen atoms in total. The highest BCUT2D eigenvalue weighted by molar-refractivity contribution is 7.57. The van der Waals surface area contributed by atoms with Crippen molar-refractivity contribution in [2.45, 2.75) is 0 Å². The molecular formula is C5H10N2O7P2. The van der Waals surface area contributed by atoms with Crippen LogP contribution >= 0.6 is 15.2 Å². The van der Waals surface area contributed by atoms with Crippen molar-refractivity contribution < 1.29 is 33.5 Å². The van der Waals surface area contributed by atoms with Crippen LogP contribution in [-0.4, -0.2) is 37.1 Å². The van der Waals surface area contributed by atoms with Gasteiger partial charge < -0.3 is 14.4 Å². The molecule has 3 N–H and O–H groups in total. The minimum absolute atomic E-state index is 0.639. The maximum atomic E-state index is 11.4. The van der Waals surface area contributed by atoms with E-state index in [-0.39, 0.29) is 0 Å². The largest absolute Gasteiger partial charge is 0.396 e. The number of rotatable bonds is 6. The molecule has 0 amide bonds. The van der Waals surface area contributed by atoms with E-state index in [0.29, 0.717) is 0 Å². The van der Waals surface area contributed by atoms with Crippen molar-refractivity contribution in [3.8, 4) is 0 Å². The van der Waals surface area contributed by atoms with Crippen molar-refractivity contribution in [3.05, 3.63) is 18.7 Å². The maximum absolute atomic E-state index is 11.4. The Morgan fingerprint density at radius 1 is 1.25 bits per heavy atom. The van der Waals surface area contributed by atoms with Gasteiger partial charge in [-0.1, -0.05) is 0 Å². The first-order valence-corrected chi connectivity index (χ1v) is 7.52. The van der Waals surface area contributed by atoms with Gasteiger partial charge in [0.2, 0.25) is 0 Å². The average molecular weight is 272 g/mol. The van der Waals surface area contributed by atoms with Gasteiger partial charge in [0, 0.05) is 6.20 Å². The highest BCUT2D eigenvalue weighted by Gasteiger charge is 2.29. The summed E-state index contributed by atoms with van der Waals surface area (Å²) in [4.78, 5) is 21.6. The van der Waals surface area contributed by atoms with E-state index in [0.717, 1.165) is 11.1 Å². The monoisotopic (exact) mass is 272 g/mol. The number of aromatic nitrogens is 2. The zero-order chi connectivity index (χ0) is 12.2. The fourth-order valence-electron chi connectivity index (χ4n) is 0.777. The molecule has 11 heteroatoms. The van der Waals surface area contributed by atoms with E-state index in [9.17, 15) is 14.0 Å². The number of imidazole rings is 1. The van der Waals surface area contributed by atoms with Gasteiger partial charge in [-0.2, -0.15) is 9.40 Å². The molecule has 0 aliphatic heterocycles. The van der Waals surface area contributed by atoms with Crippen LogP contribution in [0.15, 0.2) is 18.7 Å². The Bertz CT molecular complexity index is 418. The molecule has 16 heavy (non-hydrogen) atoms. The molecular weight excluding hydrogens is 262 g/mol. The molecule has 0 saturated carbocycles. The third-order valence-corrected chi connectivity index (χ3v) is 4.12. The van der Waals surface area contributed by atoms with Gasteiger partial charge in [0.15, 0.2) is 0 Å². The SMILES string of the molecule is O=P(O)(CCP(=O)(O)On1ccnc1)OO. The van der Waals surface area contributed by atoms with Crippen molar-refractivity contribution in [3.63, 3.8) is 0 Å². The van der Waals surface area contributed by atoms with E-state index in [1.54, 1.807) is 0 Å². The Kier molecular flexibility index (Phi) is 4.26. The normalized spacial score (nSPS) is 18.7. The Hall–Kier alpha value is -0.690. The molecule has 1 aromatic heterocycles.